The summed E-state index contributed by atoms with van der Waals surface area (Å²) < 4.78 is 31.0. The van der Waals surface area contributed by atoms with Gasteiger partial charge in [-0.1, -0.05) is 0 Å². The third-order valence-electron chi connectivity index (χ3n) is 7.89. The van der Waals surface area contributed by atoms with E-state index in [0.29, 0.717) is 51.6 Å². The van der Waals surface area contributed by atoms with Gasteiger partial charge in [-0.15, -0.1) is 0 Å². The Bertz CT molecular complexity index is 1310. The maximum absolute atomic E-state index is 14.3. The third kappa shape index (κ3) is 3.88. The van der Waals surface area contributed by atoms with Gasteiger partial charge in [-0.25, -0.2) is 4.39 Å². The molecule has 0 bridgehead atoms. The summed E-state index contributed by atoms with van der Waals surface area (Å²) in [5.41, 5.74) is 1.29. The number of aryl methyl sites for hydroxylation is 2. The number of rotatable bonds is 5. The summed E-state index contributed by atoms with van der Waals surface area (Å²) >= 11 is 3.62. The monoisotopic (exact) mass is 565 g/mol. The molecule has 6 rings (SSSR count). The third-order valence-corrected chi connectivity index (χ3v) is 8.42. The minimum atomic E-state index is -1.03. The van der Waals surface area contributed by atoms with Crippen molar-refractivity contribution in [1.29, 1.82) is 0 Å². The lowest BCUT2D eigenvalue weighted by atomic mass is 9.95. The maximum Gasteiger partial charge on any atom is 0.320 e. The molecule has 6 heterocycles. The van der Waals surface area contributed by atoms with Crippen LogP contribution in [-0.4, -0.2) is 97.6 Å². The van der Waals surface area contributed by atoms with Gasteiger partial charge in [-0.2, -0.15) is 15.1 Å². The predicted molar refractivity (Wildman–Crippen MR) is 137 cm³/mol. The molecule has 3 atom stereocenters. The van der Waals surface area contributed by atoms with Crippen LogP contribution >= 0.6 is 15.9 Å². The highest BCUT2D eigenvalue weighted by Gasteiger charge is 2.49. The Morgan fingerprint density at radius 3 is 2.92 bits per heavy atom. The average molecular weight is 566 g/mol. The molecule has 0 radical (unpaired) electrons. The van der Waals surface area contributed by atoms with Crippen LogP contribution in [0.3, 0.4) is 0 Å². The fourth-order valence-corrected chi connectivity index (χ4v) is 7.00. The average Bonchev–Trinajstić information content (AvgIpc) is 3.49. The highest BCUT2D eigenvalue weighted by molar-refractivity contribution is 9.10. The van der Waals surface area contributed by atoms with E-state index in [0.717, 1.165) is 46.1 Å². The van der Waals surface area contributed by atoms with Crippen LogP contribution in [0, 0.1) is 0 Å². The Labute approximate surface area is 217 Å². The second kappa shape index (κ2) is 8.78. The molecule has 12 heteroatoms. The minimum absolute atomic E-state index is 0.256. The van der Waals surface area contributed by atoms with Crippen LogP contribution in [0.2, 0.25) is 0 Å². The van der Waals surface area contributed by atoms with Gasteiger partial charge in [0.25, 0.3) is 0 Å². The molecule has 0 aromatic carbocycles. The molecule has 3 saturated heterocycles. The largest absolute Gasteiger partial charge is 0.461 e. The fraction of sp³-hybridized carbons (Fsp3) is 0.708. The summed E-state index contributed by atoms with van der Waals surface area (Å²) in [6.45, 7) is 7.92. The molecule has 10 nitrogen and oxygen atoms in total. The van der Waals surface area contributed by atoms with Gasteiger partial charge in [-0.05, 0) is 49.2 Å². The normalized spacial score (nSPS) is 29.4. The summed E-state index contributed by atoms with van der Waals surface area (Å²) in [5.74, 6) is 0.684. The van der Waals surface area contributed by atoms with E-state index in [1.807, 2.05) is 11.7 Å². The van der Waals surface area contributed by atoms with Gasteiger partial charge in [0, 0.05) is 33.1 Å². The van der Waals surface area contributed by atoms with Crippen LogP contribution in [0.25, 0.3) is 22.1 Å². The van der Waals surface area contributed by atoms with E-state index >= 15 is 0 Å². The number of β-amino-alcohol motifs (C(OH)–C–C–N with tert-alkyl or cyclic N) is 1. The van der Waals surface area contributed by atoms with Crippen molar-refractivity contribution in [3.05, 3.63) is 4.60 Å². The number of alkyl halides is 1. The summed E-state index contributed by atoms with van der Waals surface area (Å²) in [5, 5.41) is 16.4. The number of halogens is 2. The highest BCUT2D eigenvalue weighted by Crippen LogP contribution is 2.42. The van der Waals surface area contributed by atoms with Gasteiger partial charge in [0.1, 0.15) is 35.2 Å². The van der Waals surface area contributed by atoms with E-state index in [1.165, 1.54) is 0 Å². The molecular weight excluding hydrogens is 533 g/mol. The number of nitrogens with zero attached hydrogens (tertiary/aromatic N) is 7. The molecule has 3 aromatic heterocycles. The van der Waals surface area contributed by atoms with Gasteiger partial charge in [0.05, 0.1) is 30.7 Å². The van der Waals surface area contributed by atoms with Crippen LogP contribution in [0.1, 0.15) is 33.1 Å². The highest BCUT2D eigenvalue weighted by atomic mass is 79.9. The first-order valence-electron chi connectivity index (χ1n) is 12.7. The lowest BCUT2D eigenvalue weighted by Gasteiger charge is -2.31. The van der Waals surface area contributed by atoms with Gasteiger partial charge in [0.15, 0.2) is 10.3 Å². The number of fused-ring (bicyclic) bond motifs is 4. The first-order valence-corrected chi connectivity index (χ1v) is 13.5. The van der Waals surface area contributed by atoms with Crippen molar-refractivity contribution >= 4 is 43.8 Å². The molecule has 0 amide bonds. The van der Waals surface area contributed by atoms with Crippen molar-refractivity contribution in [3.8, 4) is 6.01 Å². The SMILES string of the molecule is CCn1c2nc(OC[C@@]34CCCN3C[C@H](F)C4)nc(N3CCOC[C@@](C)(O)C3)c2c2c1c(Br)nn2C. The molecular formula is C24H33BrFN7O3. The number of hydrogen-bond acceptors (Lipinski definition) is 8. The van der Waals surface area contributed by atoms with Crippen LogP contribution in [0.5, 0.6) is 6.01 Å². The first-order chi connectivity index (χ1) is 17.2. The van der Waals surface area contributed by atoms with Gasteiger partial charge >= 0.3 is 6.01 Å². The summed E-state index contributed by atoms with van der Waals surface area (Å²) in [7, 11) is 1.91. The Morgan fingerprint density at radius 2 is 2.11 bits per heavy atom. The summed E-state index contributed by atoms with van der Waals surface area (Å²) in [6.07, 6.45) is 1.64. The lowest BCUT2D eigenvalue weighted by Crippen LogP contribution is -2.44. The van der Waals surface area contributed by atoms with Gasteiger partial charge in [0.2, 0.25) is 0 Å². The fourth-order valence-electron chi connectivity index (χ4n) is 6.36. The van der Waals surface area contributed by atoms with Crippen LogP contribution in [0.4, 0.5) is 10.2 Å². The summed E-state index contributed by atoms with van der Waals surface area (Å²) in [4.78, 5) is 14.1. The molecule has 1 N–H and O–H groups in total. The first kappa shape index (κ1) is 24.3. The molecule has 0 spiro atoms. The molecule has 0 unspecified atom stereocenters. The van der Waals surface area contributed by atoms with Crippen LogP contribution in [-0.2, 0) is 18.3 Å². The zero-order valence-electron chi connectivity index (χ0n) is 21.0. The van der Waals surface area contributed by atoms with Crippen molar-refractivity contribution in [1.82, 2.24) is 29.2 Å². The molecule has 0 saturated carbocycles. The van der Waals surface area contributed by atoms with Crippen LogP contribution < -0.4 is 9.64 Å². The second-order valence-corrected chi connectivity index (χ2v) is 11.5. The molecule has 0 aliphatic carbocycles. The molecule has 3 fully saturated rings. The van der Waals surface area contributed by atoms with E-state index in [1.54, 1.807) is 6.92 Å². The van der Waals surface area contributed by atoms with E-state index < -0.39 is 11.8 Å². The standard InChI is InChI=1S/C24H33BrFN7O3/c1-4-33-18-17(30(3)29-19(18)25)16-20(31-8-9-35-13-23(2,34)12-31)27-22(28-21(16)33)36-14-24-6-5-7-32(24)11-15(26)10-24/h15,34H,4-14H2,1-3H3/t15-,23+,24+/m1/s1. The number of ether oxygens (including phenoxy) is 2. The number of aromatic nitrogens is 5. The lowest BCUT2D eigenvalue weighted by molar-refractivity contribution is -0.0123. The minimum Gasteiger partial charge on any atom is -0.461 e. The van der Waals surface area contributed by atoms with Crippen molar-refractivity contribution in [2.75, 3.05) is 50.9 Å². The Kier molecular flexibility index (Phi) is 5.93. The van der Waals surface area contributed by atoms with Crippen molar-refractivity contribution in [2.45, 2.75) is 57.0 Å². The molecule has 3 aliphatic rings. The van der Waals surface area contributed by atoms with E-state index in [2.05, 4.69) is 42.3 Å². The van der Waals surface area contributed by atoms with Gasteiger partial charge < -0.3 is 24.0 Å². The van der Waals surface area contributed by atoms with E-state index in [9.17, 15) is 9.50 Å². The smallest absolute Gasteiger partial charge is 0.320 e. The summed E-state index contributed by atoms with van der Waals surface area (Å²) in [6, 6.07) is 0.271. The predicted octanol–water partition coefficient (Wildman–Crippen LogP) is 2.64. The van der Waals surface area contributed by atoms with Gasteiger partial charge in [-0.3, -0.25) is 9.58 Å². The van der Waals surface area contributed by atoms with Crippen molar-refractivity contribution in [2.24, 2.45) is 7.05 Å². The quantitative estimate of drug-likeness (QED) is 0.504. The Morgan fingerprint density at radius 1 is 1.28 bits per heavy atom. The second-order valence-electron chi connectivity index (χ2n) is 10.7. The number of aliphatic hydroxyl groups is 1. The van der Waals surface area contributed by atoms with Crippen molar-refractivity contribution < 1.29 is 19.0 Å². The Balaban J connectivity index is 1.48. The topological polar surface area (TPSA) is 93.7 Å². The maximum atomic E-state index is 14.3. The Hall–Kier alpha value is -2.02. The van der Waals surface area contributed by atoms with Crippen molar-refractivity contribution in [3.63, 3.8) is 0 Å². The number of hydrogen-bond donors (Lipinski definition) is 1. The molecule has 3 aromatic rings. The zero-order valence-corrected chi connectivity index (χ0v) is 22.6. The zero-order chi connectivity index (χ0) is 25.2. The van der Waals surface area contributed by atoms with Crippen LogP contribution in [0.15, 0.2) is 4.60 Å². The molecule has 3 aliphatic heterocycles. The molecule has 196 valence electrons. The van der Waals surface area contributed by atoms with E-state index in [-0.39, 0.29) is 18.2 Å². The van der Waals surface area contributed by atoms with E-state index in [4.69, 9.17) is 19.4 Å². The number of anilines is 1. The molecule has 36 heavy (non-hydrogen) atoms.